The fraction of sp³-hybridized carbons (Fsp3) is 0. The molecule has 0 aliphatic rings. The van der Waals surface area contributed by atoms with Crippen LogP contribution in [0.4, 0.5) is 28.6 Å². The number of nitro benzene ring substituents is 1. The van der Waals surface area contributed by atoms with Gasteiger partial charge in [-0.25, -0.2) is 0 Å². The highest BCUT2D eigenvalue weighted by molar-refractivity contribution is 9.10. The van der Waals surface area contributed by atoms with E-state index < -0.39 is 12.2 Å². The number of hydrogen-bond donors (Lipinski definition) is 0. The van der Waals surface area contributed by atoms with Gasteiger partial charge in [-0.05, 0) is 15.9 Å². The smallest absolute Gasteiger partial charge is 0.418 e. The van der Waals surface area contributed by atoms with Crippen LogP contribution in [-0.2, 0) is 0 Å². The second-order valence-corrected chi connectivity index (χ2v) is 3.34. The molecule has 0 atom stereocenters. The van der Waals surface area contributed by atoms with Crippen molar-refractivity contribution < 1.29 is 22.2 Å². The molecule has 0 aliphatic carbocycles. The molecule has 0 saturated carbocycles. The third-order valence-corrected chi connectivity index (χ3v) is 1.88. The molecule has 0 N–H and O–H groups in total. The van der Waals surface area contributed by atoms with Crippen molar-refractivity contribution in [3.8, 4) is 0 Å². The van der Waals surface area contributed by atoms with E-state index >= 15 is 0 Å². The van der Waals surface area contributed by atoms with Crippen molar-refractivity contribution in [2.24, 2.45) is 0 Å². The van der Waals surface area contributed by atoms with E-state index in [0.29, 0.717) is 4.47 Å². The maximum atomic E-state index is 10.2. The van der Waals surface area contributed by atoms with Crippen LogP contribution in [0.15, 0.2) is 22.7 Å². The molecular formula is C6H3BBrF4N3O2. The molecule has 0 saturated heterocycles. The van der Waals surface area contributed by atoms with Crippen LogP contribution in [0.25, 0.3) is 4.98 Å². The standard InChI is InChI=1S/C6H3BrN3O2.BF4/c7-5-3-4(10(11)12)1-2-6(5)9-8;2-1(3,4)5/h1-3H;/q+1;-1. The van der Waals surface area contributed by atoms with Gasteiger partial charge in [0.1, 0.15) is 4.47 Å². The summed E-state index contributed by atoms with van der Waals surface area (Å²) >= 11 is 3.02. The lowest BCUT2D eigenvalue weighted by Gasteiger charge is -1.94. The Morgan fingerprint density at radius 2 is 1.82 bits per heavy atom. The summed E-state index contributed by atoms with van der Waals surface area (Å²) in [6.45, 7) is 0. The molecule has 0 spiro atoms. The van der Waals surface area contributed by atoms with Crippen molar-refractivity contribution in [2.75, 3.05) is 0 Å². The molecule has 0 amide bonds. The van der Waals surface area contributed by atoms with Crippen molar-refractivity contribution in [3.05, 3.63) is 37.8 Å². The first kappa shape index (κ1) is 15.3. The van der Waals surface area contributed by atoms with Crippen LogP contribution in [0.5, 0.6) is 0 Å². The molecule has 11 heteroatoms. The highest BCUT2D eigenvalue weighted by Crippen LogP contribution is 2.28. The van der Waals surface area contributed by atoms with Crippen molar-refractivity contribution >= 4 is 34.6 Å². The first-order valence-electron chi connectivity index (χ1n) is 3.81. The largest absolute Gasteiger partial charge is 0.673 e. The summed E-state index contributed by atoms with van der Waals surface area (Å²) in [5.41, 5.74) is 0.217. The van der Waals surface area contributed by atoms with E-state index in [-0.39, 0.29) is 11.4 Å². The zero-order valence-electron chi connectivity index (χ0n) is 7.86. The van der Waals surface area contributed by atoms with Gasteiger partial charge in [-0.2, -0.15) is 0 Å². The SMILES string of the molecule is F[B-](F)(F)F.N#[N+]c1ccc([N+](=O)[O-])cc1Br. The molecule has 1 rings (SSSR count). The van der Waals surface area contributed by atoms with E-state index in [2.05, 4.69) is 20.9 Å². The second kappa shape index (κ2) is 6.14. The van der Waals surface area contributed by atoms with Crippen LogP contribution >= 0.6 is 15.9 Å². The Morgan fingerprint density at radius 3 is 2.12 bits per heavy atom. The normalized spacial score (nSPS) is 9.88. The molecule has 5 nitrogen and oxygen atoms in total. The second-order valence-electron chi connectivity index (χ2n) is 2.49. The number of nitrogens with zero attached hydrogens (tertiary/aromatic N) is 3. The number of benzene rings is 1. The fourth-order valence-corrected chi connectivity index (χ4v) is 1.14. The molecule has 0 unspecified atom stereocenters. The third kappa shape index (κ3) is 7.23. The maximum absolute atomic E-state index is 10.2. The monoisotopic (exact) mass is 315 g/mol. The predicted octanol–water partition coefficient (Wildman–Crippen LogP) is 4.14. The average Bonchev–Trinajstić information content (AvgIpc) is 2.14. The summed E-state index contributed by atoms with van der Waals surface area (Å²) in [6.07, 6.45) is 0. The lowest BCUT2D eigenvalue weighted by molar-refractivity contribution is -0.384. The van der Waals surface area contributed by atoms with Crippen LogP contribution in [0.1, 0.15) is 0 Å². The Labute approximate surface area is 100 Å². The van der Waals surface area contributed by atoms with E-state index in [1.54, 1.807) is 0 Å². The third-order valence-electron chi connectivity index (χ3n) is 1.25. The van der Waals surface area contributed by atoms with E-state index in [1.807, 2.05) is 0 Å². The van der Waals surface area contributed by atoms with Gasteiger partial charge in [0.2, 0.25) is 5.39 Å². The van der Waals surface area contributed by atoms with Crippen molar-refractivity contribution in [3.63, 3.8) is 0 Å². The summed E-state index contributed by atoms with van der Waals surface area (Å²) in [7, 11) is -6.00. The molecule has 0 radical (unpaired) electrons. The minimum absolute atomic E-state index is 0.0470. The Kier molecular flexibility index (Phi) is 5.53. The number of rotatable bonds is 1. The van der Waals surface area contributed by atoms with Crippen LogP contribution < -0.4 is 0 Å². The lowest BCUT2D eigenvalue weighted by Crippen LogP contribution is -2.02. The van der Waals surface area contributed by atoms with Crippen molar-refractivity contribution in [2.45, 2.75) is 0 Å². The average molecular weight is 316 g/mol. The van der Waals surface area contributed by atoms with E-state index in [1.165, 1.54) is 18.2 Å². The molecule has 1 aromatic rings. The summed E-state index contributed by atoms with van der Waals surface area (Å²) in [4.78, 5) is 12.6. The zero-order chi connectivity index (χ0) is 13.6. The Morgan fingerprint density at radius 1 is 1.35 bits per heavy atom. The minimum Gasteiger partial charge on any atom is -0.418 e. The number of hydrogen-bond acceptors (Lipinski definition) is 3. The first-order valence-corrected chi connectivity index (χ1v) is 4.61. The highest BCUT2D eigenvalue weighted by atomic mass is 79.9. The number of halogens is 5. The molecule has 17 heavy (non-hydrogen) atoms. The molecule has 92 valence electrons. The van der Waals surface area contributed by atoms with Crippen LogP contribution in [0, 0.1) is 15.5 Å². The van der Waals surface area contributed by atoms with Crippen molar-refractivity contribution in [1.29, 1.82) is 5.39 Å². The quantitative estimate of drug-likeness (QED) is 0.257. The van der Waals surface area contributed by atoms with Gasteiger partial charge in [-0.3, -0.25) is 10.1 Å². The number of nitro groups is 1. The Hall–Kier alpha value is -1.70. The van der Waals surface area contributed by atoms with Crippen LogP contribution in [-0.4, -0.2) is 12.2 Å². The topological polar surface area (TPSA) is 71.3 Å². The first-order chi connectivity index (χ1) is 7.65. The molecule has 0 aromatic heterocycles. The van der Waals surface area contributed by atoms with E-state index in [9.17, 15) is 27.4 Å². The van der Waals surface area contributed by atoms with Gasteiger partial charge in [-0.1, -0.05) is 0 Å². The molecule has 1 aromatic carbocycles. The number of non-ortho nitro benzene ring substituents is 1. The van der Waals surface area contributed by atoms with Crippen LogP contribution in [0.3, 0.4) is 0 Å². The molecule has 0 aliphatic heterocycles. The van der Waals surface area contributed by atoms with Gasteiger partial charge >= 0.3 is 12.9 Å². The van der Waals surface area contributed by atoms with Crippen LogP contribution in [0.2, 0.25) is 0 Å². The van der Waals surface area contributed by atoms with Gasteiger partial charge in [0.25, 0.3) is 5.69 Å². The lowest BCUT2D eigenvalue weighted by atomic mass is 10.3. The zero-order valence-corrected chi connectivity index (χ0v) is 9.44. The van der Waals surface area contributed by atoms with E-state index in [0.717, 1.165) is 0 Å². The van der Waals surface area contributed by atoms with Gasteiger partial charge < -0.3 is 17.3 Å². The number of diazo groups is 1. The highest BCUT2D eigenvalue weighted by Gasteiger charge is 2.20. The molecule has 0 fully saturated rings. The summed E-state index contributed by atoms with van der Waals surface area (Å²) < 4.78 is 39.4. The summed E-state index contributed by atoms with van der Waals surface area (Å²) in [5.74, 6) is 0. The minimum atomic E-state index is -6.00. The van der Waals surface area contributed by atoms with E-state index in [4.69, 9.17) is 5.39 Å². The fourth-order valence-electron chi connectivity index (χ4n) is 0.690. The van der Waals surface area contributed by atoms with Gasteiger partial charge in [0.05, 0.1) is 4.92 Å². The summed E-state index contributed by atoms with van der Waals surface area (Å²) in [6, 6.07) is 3.89. The molecule has 0 bridgehead atoms. The molecule has 0 heterocycles. The molecular weight excluding hydrogens is 313 g/mol. The van der Waals surface area contributed by atoms with Gasteiger partial charge in [0.15, 0.2) is 4.98 Å². The maximum Gasteiger partial charge on any atom is 0.673 e. The van der Waals surface area contributed by atoms with Gasteiger partial charge in [-0.15, -0.1) is 0 Å². The summed E-state index contributed by atoms with van der Waals surface area (Å²) in [5, 5.41) is 18.6. The Balaban J connectivity index is 0.000000437. The predicted molar refractivity (Wildman–Crippen MR) is 55.7 cm³/mol. The van der Waals surface area contributed by atoms with Crippen molar-refractivity contribution in [1.82, 2.24) is 0 Å². The Bertz CT molecular complexity index is 456. The van der Waals surface area contributed by atoms with Gasteiger partial charge in [0, 0.05) is 18.2 Å².